The second-order valence-corrected chi connectivity index (χ2v) is 6.37. The number of carbonyl (C=O) groups excluding carboxylic acids is 2. The van der Waals surface area contributed by atoms with Gasteiger partial charge in [-0.25, -0.2) is 0 Å². The first-order valence-corrected chi connectivity index (χ1v) is 8.80. The Morgan fingerprint density at radius 3 is 2.40 bits per heavy atom. The van der Waals surface area contributed by atoms with Crippen molar-refractivity contribution in [1.82, 2.24) is 0 Å². The zero-order valence-corrected chi connectivity index (χ0v) is 15.2. The first-order chi connectivity index (χ1) is 12.0. The van der Waals surface area contributed by atoms with E-state index in [1.165, 1.54) is 0 Å². The molecule has 0 unspecified atom stereocenters. The van der Waals surface area contributed by atoms with Gasteiger partial charge in [-0.3, -0.25) is 9.59 Å². The molecule has 0 radical (unpaired) electrons. The second-order valence-electron chi connectivity index (χ2n) is 6.37. The number of amides is 2. The van der Waals surface area contributed by atoms with Crippen LogP contribution in [0.25, 0.3) is 0 Å². The molecule has 2 aromatic carbocycles. The Morgan fingerprint density at radius 1 is 1.04 bits per heavy atom. The molecule has 0 aliphatic carbocycles. The van der Waals surface area contributed by atoms with Gasteiger partial charge in [0, 0.05) is 29.4 Å². The maximum absolute atomic E-state index is 13.0. The van der Waals surface area contributed by atoms with E-state index in [2.05, 4.69) is 12.2 Å². The molecule has 25 heavy (non-hydrogen) atoms. The Bertz CT molecular complexity index is 711. The normalized spacial score (nSPS) is 10.6. The first-order valence-electron chi connectivity index (χ1n) is 8.80. The van der Waals surface area contributed by atoms with Crippen molar-refractivity contribution < 1.29 is 9.59 Å². The molecule has 132 valence electrons. The number of hydrogen-bond donors (Lipinski definition) is 1. The summed E-state index contributed by atoms with van der Waals surface area (Å²) in [5.74, 6) is -0.222. The van der Waals surface area contributed by atoms with Crippen LogP contribution in [0, 0.1) is 5.92 Å². The minimum atomic E-state index is -0.107. The van der Waals surface area contributed by atoms with E-state index in [9.17, 15) is 9.59 Å². The number of para-hydroxylation sites is 1. The molecule has 2 aromatic rings. The molecule has 2 rings (SSSR count). The van der Waals surface area contributed by atoms with Gasteiger partial charge in [-0.1, -0.05) is 51.5 Å². The average molecular weight is 338 g/mol. The summed E-state index contributed by atoms with van der Waals surface area (Å²) in [5.41, 5.74) is 2.10. The van der Waals surface area contributed by atoms with Crippen molar-refractivity contribution in [3.8, 4) is 0 Å². The Balaban J connectivity index is 2.25. The number of unbranched alkanes of at least 4 members (excludes halogenated alkanes) is 1. The average Bonchev–Trinajstić information content (AvgIpc) is 2.63. The van der Waals surface area contributed by atoms with Gasteiger partial charge in [0.25, 0.3) is 5.91 Å². The van der Waals surface area contributed by atoms with Crippen molar-refractivity contribution in [2.45, 2.75) is 33.6 Å². The van der Waals surface area contributed by atoms with Gasteiger partial charge in [0.1, 0.15) is 0 Å². The van der Waals surface area contributed by atoms with Gasteiger partial charge in [0.2, 0.25) is 5.91 Å². The van der Waals surface area contributed by atoms with E-state index in [4.69, 9.17) is 0 Å². The standard InChI is InChI=1S/C21H26N2O2/c1-4-5-14-23(19-12-7-6-8-13-19)21(25)17-10-9-11-18(15-17)22-20(24)16(2)3/h6-13,15-16H,4-5,14H2,1-3H3,(H,22,24). The lowest BCUT2D eigenvalue weighted by Gasteiger charge is -2.23. The number of nitrogens with zero attached hydrogens (tertiary/aromatic N) is 1. The number of carbonyl (C=O) groups is 2. The minimum Gasteiger partial charge on any atom is -0.326 e. The van der Waals surface area contributed by atoms with E-state index in [1.807, 2.05) is 44.2 Å². The number of rotatable bonds is 7. The SMILES string of the molecule is CCCCN(C(=O)c1cccc(NC(=O)C(C)C)c1)c1ccccc1. The molecule has 0 saturated heterocycles. The van der Waals surface area contributed by atoms with Crippen LogP contribution in [0.5, 0.6) is 0 Å². The van der Waals surface area contributed by atoms with E-state index in [1.54, 1.807) is 29.2 Å². The highest BCUT2D eigenvalue weighted by Crippen LogP contribution is 2.20. The molecule has 0 heterocycles. The third-order valence-corrected chi connectivity index (χ3v) is 3.95. The molecule has 1 N–H and O–H groups in total. The monoisotopic (exact) mass is 338 g/mol. The van der Waals surface area contributed by atoms with E-state index in [-0.39, 0.29) is 17.7 Å². The number of hydrogen-bond acceptors (Lipinski definition) is 2. The van der Waals surface area contributed by atoms with Gasteiger partial charge in [-0.15, -0.1) is 0 Å². The summed E-state index contributed by atoms with van der Waals surface area (Å²) in [7, 11) is 0. The second kappa shape index (κ2) is 9.02. The van der Waals surface area contributed by atoms with Gasteiger partial charge < -0.3 is 10.2 Å². The fourth-order valence-electron chi connectivity index (χ4n) is 2.44. The van der Waals surface area contributed by atoms with E-state index in [0.717, 1.165) is 18.5 Å². The smallest absolute Gasteiger partial charge is 0.258 e. The van der Waals surface area contributed by atoms with Gasteiger partial charge in [0.15, 0.2) is 0 Å². The largest absolute Gasteiger partial charge is 0.326 e. The van der Waals surface area contributed by atoms with E-state index in [0.29, 0.717) is 17.8 Å². The molecule has 0 aliphatic rings. The number of nitrogens with one attached hydrogen (secondary N) is 1. The lowest BCUT2D eigenvalue weighted by Crippen LogP contribution is -2.32. The van der Waals surface area contributed by atoms with Crippen LogP contribution in [-0.2, 0) is 4.79 Å². The summed E-state index contributed by atoms with van der Waals surface area (Å²) in [5, 5.41) is 2.85. The summed E-state index contributed by atoms with van der Waals surface area (Å²) in [6, 6.07) is 16.8. The zero-order chi connectivity index (χ0) is 18.2. The zero-order valence-electron chi connectivity index (χ0n) is 15.2. The Labute approximate surface area is 149 Å². The van der Waals surface area contributed by atoms with Crippen LogP contribution < -0.4 is 10.2 Å². The molecule has 0 saturated carbocycles. The van der Waals surface area contributed by atoms with Gasteiger partial charge in [0.05, 0.1) is 0 Å². The summed E-state index contributed by atoms with van der Waals surface area (Å²) < 4.78 is 0. The van der Waals surface area contributed by atoms with Crippen LogP contribution in [-0.4, -0.2) is 18.4 Å². The molecule has 0 fully saturated rings. The van der Waals surface area contributed by atoms with Crippen LogP contribution in [0.15, 0.2) is 54.6 Å². The minimum absolute atomic E-state index is 0.0553. The molecular formula is C21H26N2O2. The van der Waals surface area contributed by atoms with E-state index >= 15 is 0 Å². The number of anilines is 2. The predicted molar refractivity (Wildman–Crippen MR) is 103 cm³/mol. The maximum atomic E-state index is 13.0. The molecule has 0 spiro atoms. The van der Waals surface area contributed by atoms with Gasteiger partial charge in [-0.2, -0.15) is 0 Å². The quantitative estimate of drug-likeness (QED) is 0.793. The molecule has 4 nitrogen and oxygen atoms in total. The fraction of sp³-hybridized carbons (Fsp3) is 0.333. The highest BCUT2D eigenvalue weighted by atomic mass is 16.2. The topological polar surface area (TPSA) is 49.4 Å². The van der Waals surface area contributed by atoms with Crippen molar-refractivity contribution in [3.05, 3.63) is 60.2 Å². The van der Waals surface area contributed by atoms with E-state index < -0.39 is 0 Å². The van der Waals surface area contributed by atoms with Crippen molar-refractivity contribution >= 4 is 23.2 Å². The molecule has 0 bridgehead atoms. The molecular weight excluding hydrogens is 312 g/mol. The molecule has 0 atom stereocenters. The predicted octanol–water partition coefficient (Wildman–Crippen LogP) is 4.73. The Kier molecular flexibility index (Phi) is 6.75. The molecule has 2 amide bonds. The first kappa shape index (κ1) is 18.7. The van der Waals surface area contributed by atoms with Gasteiger partial charge in [-0.05, 0) is 36.8 Å². The summed E-state index contributed by atoms with van der Waals surface area (Å²) >= 11 is 0. The van der Waals surface area contributed by atoms with Crippen molar-refractivity contribution in [3.63, 3.8) is 0 Å². The van der Waals surface area contributed by atoms with Crippen molar-refractivity contribution in [2.75, 3.05) is 16.8 Å². The summed E-state index contributed by atoms with van der Waals surface area (Å²) in [6.07, 6.45) is 1.95. The fourth-order valence-corrected chi connectivity index (χ4v) is 2.44. The van der Waals surface area contributed by atoms with Crippen LogP contribution in [0.4, 0.5) is 11.4 Å². The van der Waals surface area contributed by atoms with Crippen LogP contribution >= 0.6 is 0 Å². The lowest BCUT2D eigenvalue weighted by molar-refractivity contribution is -0.118. The highest BCUT2D eigenvalue weighted by Gasteiger charge is 2.18. The lowest BCUT2D eigenvalue weighted by atomic mass is 10.1. The van der Waals surface area contributed by atoms with Crippen LogP contribution in [0.3, 0.4) is 0 Å². The highest BCUT2D eigenvalue weighted by molar-refractivity contribution is 6.07. The Morgan fingerprint density at radius 2 is 1.76 bits per heavy atom. The van der Waals surface area contributed by atoms with Crippen LogP contribution in [0.2, 0.25) is 0 Å². The Hall–Kier alpha value is -2.62. The van der Waals surface area contributed by atoms with Crippen LogP contribution in [0.1, 0.15) is 44.0 Å². The van der Waals surface area contributed by atoms with Crippen molar-refractivity contribution in [2.24, 2.45) is 5.92 Å². The molecule has 0 aliphatic heterocycles. The molecule has 0 aromatic heterocycles. The summed E-state index contributed by atoms with van der Waals surface area (Å²) in [4.78, 5) is 26.7. The van der Waals surface area contributed by atoms with Gasteiger partial charge >= 0.3 is 0 Å². The third kappa shape index (κ3) is 5.18. The maximum Gasteiger partial charge on any atom is 0.258 e. The van der Waals surface area contributed by atoms with Crippen molar-refractivity contribution in [1.29, 1.82) is 0 Å². The molecule has 4 heteroatoms. The summed E-state index contributed by atoms with van der Waals surface area (Å²) in [6.45, 7) is 6.45. The third-order valence-electron chi connectivity index (χ3n) is 3.95. The number of benzene rings is 2.